The Morgan fingerprint density at radius 3 is 2.55 bits per heavy atom. The second-order valence-electron chi connectivity index (χ2n) is 5.03. The van der Waals surface area contributed by atoms with Crippen LogP contribution in [0, 0.1) is 0 Å². The fourth-order valence-corrected chi connectivity index (χ4v) is 2.48. The summed E-state index contributed by atoms with van der Waals surface area (Å²) in [5, 5.41) is 5.69. The molecule has 1 N–H and O–H groups in total. The maximum absolute atomic E-state index is 4.25. The quantitative estimate of drug-likeness (QED) is 0.766. The van der Waals surface area contributed by atoms with Gasteiger partial charge in [0.25, 0.3) is 0 Å². The van der Waals surface area contributed by atoms with Crippen LogP contribution in [0.4, 0.5) is 0 Å². The second kappa shape index (κ2) is 5.43. The first-order chi connectivity index (χ1) is 9.79. The highest BCUT2D eigenvalue weighted by Crippen LogP contribution is 2.28. The maximum atomic E-state index is 4.25. The first kappa shape index (κ1) is 12.8. The Morgan fingerprint density at radius 2 is 1.80 bits per heavy atom. The van der Waals surface area contributed by atoms with Gasteiger partial charge in [0, 0.05) is 23.8 Å². The van der Waals surface area contributed by atoms with E-state index >= 15 is 0 Å². The van der Waals surface area contributed by atoms with Crippen molar-refractivity contribution in [1.29, 1.82) is 0 Å². The van der Waals surface area contributed by atoms with Crippen molar-refractivity contribution in [2.24, 2.45) is 0 Å². The summed E-state index contributed by atoms with van der Waals surface area (Å²) >= 11 is 0. The third kappa shape index (κ3) is 2.30. The molecule has 3 rings (SSSR count). The van der Waals surface area contributed by atoms with E-state index in [4.69, 9.17) is 0 Å². The minimum Gasteiger partial charge on any atom is -0.313 e. The summed E-state index contributed by atoms with van der Waals surface area (Å²) in [7, 11) is 1.98. The highest BCUT2D eigenvalue weighted by molar-refractivity contribution is 5.95. The van der Waals surface area contributed by atoms with Gasteiger partial charge in [-0.15, -0.1) is 0 Å². The minimum atomic E-state index is 0.373. The van der Waals surface area contributed by atoms with Crippen LogP contribution in [0.1, 0.15) is 18.5 Å². The fourth-order valence-electron chi connectivity index (χ4n) is 2.48. The van der Waals surface area contributed by atoms with Crippen molar-refractivity contribution in [1.82, 2.24) is 10.3 Å². The molecule has 0 saturated heterocycles. The van der Waals surface area contributed by atoms with Gasteiger partial charge in [-0.2, -0.15) is 0 Å². The molecule has 1 heterocycles. The molecule has 0 aliphatic heterocycles. The Labute approximate surface area is 119 Å². The average Bonchev–Trinajstić information content (AvgIpc) is 2.54. The summed E-state index contributed by atoms with van der Waals surface area (Å²) in [4.78, 5) is 4.25. The van der Waals surface area contributed by atoms with Crippen LogP contribution < -0.4 is 5.32 Å². The van der Waals surface area contributed by atoms with E-state index in [0.717, 1.165) is 0 Å². The third-order valence-electron chi connectivity index (χ3n) is 3.84. The van der Waals surface area contributed by atoms with Gasteiger partial charge in [-0.05, 0) is 42.1 Å². The molecule has 2 aromatic carbocycles. The molecular formula is C18H18N2. The number of rotatable bonds is 3. The molecule has 0 radical (unpaired) electrons. The number of fused-ring (bicyclic) bond motifs is 1. The first-order valence-electron chi connectivity index (χ1n) is 6.90. The van der Waals surface area contributed by atoms with Crippen molar-refractivity contribution in [2.45, 2.75) is 13.0 Å². The molecule has 2 heteroatoms. The molecule has 1 unspecified atom stereocenters. The molecule has 3 aromatic rings. The van der Waals surface area contributed by atoms with E-state index in [1.165, 1.54) is 27.5 Å². The van der Waals surface area contributed by atoms with Gasteiger partial charge in [0.2, 0.25) is 0 Å². The topological polar surface area (TPSA) is 24.9 Å². The standard InChI is InChI=1S/C18H18N2/c1-13(19-2)14-6-8-16(9-7-14)17-5-3-4-15-10-11-20-12-18(15)17/h3-13,19H,1-2H3. The smallest absolute Gasteiger partial charge is 0.0352 e. The molecule has 100 valence electrons. The predicted octanol–water partition coefficient (Wildman–Crippen LogP) is 4.18. The van der Waals surface area contributed by atoms with Crippen molar-refractivity contribution in [3.8, 4) is 11.1 Å². The molecule has 2 nitrogen and oxygen atoms in total. The number of aromatic nitrogens is 1. The largest absolute Gasteiger partial charge is 0.313 e. The molecule has 0 bridgehead atoms. The molecule has 20 heavy (non-hydrogen) atoms. The number of benzene rings is 2. The Balaban J connectivity index is 2.07. The highest BCUT2D eigenvalue weighted by atomic mass is 14.8. The van der Waals surface area contributed by atoms with E-state index in [1.807, 2.05) is 19.4 Å². The lowest BCUT2D eigenvalue weighted by Gasteiger charge is -2.12. The first-order valence-corrected chi connectivity index (χ1v) is 6.90. The molecule has 0 amide bonds. The maximum Gasteiger partial charge on any atom is 0.0352 e. The number of hydrogen-bond acceptors (Lipinski definition) is 2. The number of nitrogens with zero attached hydrogens (tertiary/aromatic N) is 1. The predicted molar refractivity (Wildman–Crippen MR) is 84.7 cm³/mol. The fraction of sp³-hybridized carbons (Fsp3) is 0.167. The van der Waals surface area contributed by atoms with Gasteiger partial charge in [-0.3, -0.25) is 4.98 Å². The normalized spacial score (nSPS) is 12.5. The molecule has 0 aliphatic carbocycles. The van der Waals surface area contributed by atoms with E-state index in [1.54, 1.807) is 0 Å². The molecule has 0 fully saturated rings. The van der Waals surface area contributed by atoms with Crippen molar-refractivity contribution in [3.05, 3.63) is 66.5 Å². The number of nitrogens with one attached hydrogen (secondary N) is 1. The van der Waals surface area contributed by atoms with Crippen molar-refractivity contribution >= 4 is 10.8 Å². The molecule has 0 spiro atoms. The zero-order valence-electron chi connectivity index (χ0n) is 11.8. The molecular weight excluding hydrogens is 244 g/mol. The van der Waals surface area contributed by atoms with E-state index in [9.17, 15) is 0 Å². The summed E-state index contributed by atoms with van der Waals surface area (Å²) in [5.74, 6) is 0. The molecule has 0 aliphatic rings. The van der Waals surface area contributed by atoms with Crippen LogP contribution in [0.3, 0.4) is 0 Å². The third-order valence-corrected chi connectivity index (χ3v) is 3.84. The molecule has 0 saturated carbocycles. The van der Waals surface area contributed by atoms with Crippen molar-refractivity contribution < 1.29 is 0 Å². The van der Waals surface area contributed by atoms with Gasteiger partial charge in [0.1, 0.15) is 0 Å². The summed E-state index contributed by atoms with van der Waals surface area (Å²) < 4.78 is 0. The van der Waals surface area contributed by atoms with Crippen LogP contribution in [0.2, 0.25) is 0 Å². The zero-order chi connectivity index (χ0) is 13.9. The van der Waals surface area contributed by atoms with Crippen LogP contribution >= 0.6 is 0 Å². The lowest BCUT2D eigenvalue weighted by molar-refractivity contribution is 0.652. The van der Waals surface area contributed by atoms with E-state index in [2.05, 4.69) is 65.8 Å². The highest BCUT2D eigenvalue weighted by Gasteiger charge is 2.05. The lowest BCUT2D eigenvalue weighted by atomic mass is 9.97. The van der Waals surface area contributed by atoms with Crippen molar-refractivity contribution in [2.75, 3.05) is 7.05 Å². The van der Waals surface area contributed by atoms with Crippen LogP contribution in [0.15, 0.2) is 60.9 Å². The Hall–Kier alpha value is -2.19. The van der Waals surface area contributed by atoms with Gasteiger partial charge >= 0.3 is 0 Å². The van der Waals surface area contributed by atoms with Gasteiger partial charge in [-0.25, -0.2) is 0 Å². The summed E-state index contributed by atoms with van der Waals surface area (Å²) in [6, 6.07) is 17.5. The van der Waals surface area contributed by atoms with Gasteiger partial charge in [0.15, 0.2) is 0 Å². The Morgan fingerprint density at radius 1 is 1.00 bits per heavy atom. The summed E-state index contributed by atoms with van der Waals surface area (Å²) in [5.41, 5.74) is 3.77. The van der Waals surface area contributed by atoms with E-state index < -0.39 is 0 Å². The van der Waals surface area contributed by atoms with Gasteiger partial charge in [-0.1, -0.05) is 42.5 Å². The van der Waals surface area contributed by atoms with E-state index in [0.29, 0.717) is 6.04 Å². The Bertz CT molecular complexity index is 712. The average molecular weight is 262 g/mol. The van der Waals surface area contributed by atoms with Crippen LogP contribution in [0.25, 0.3) is 21.9 Å². The summed E-state index contributed by atoms with van der Waals surface area (Å²) in [6.45, 7) is 2.16. The SMILES string of the molecule is CNC(C)c1ccc(-c2cccc3ccncc23)cc1. The Kier molecular flexibility index (Phi) is 3.48. The van der Waals surface area contributed by atoms with Crippen LogP contribution in [-0.2, 0) is 0 Å². The zero-order valence-corrected chi connectivity index (χ0v) is 11.8. The number of pyridine rings is 1. The second-order valence-corrected chi connectivity index (χ2v) is 5.03. The van der Waals surface area contributed by atoms with Crippen LogP contribution in [-0.4, -0.2) is 12.0 Å². The number of hydrogen-bond donors (Lipinski definition) is 1. The van der Waals surface area contributed by atoms with Gasteiger partial charge < -0.3 is 5.32 Å². The minimum absolute atomic E-state index is 0.373. The van der Waals surface area contributed by atoms with Crippen molar-refractivity contribution in [3.63, 3.8) is 0 Å². The molecule has 1 aromatic heterocycles. The lowest BCUT2D eigenvalue weighted by Crippen LogP contribution is -2.11. The van der Waals surface area contributed by atoms with Gasteiger partial charge in [0.05, 0.1) is 0 Å². The van der Waals surface area contributed by atoms with E-state index in [-0.39, 0.29) is 0 Å². The molecule has 1 atom stereocenters. The monoisotopic (exact) mass is 262 g/mol. The summed E-state index contributed by atoms with van der Waals surface area (Å²) in [6.07, 6.45) is 3.78. The van der Waals surface area contributed by atoms with Crippen LogP contribution in [0.5, 0.6) is 0 Å².